The van der Waals surface area contributed by atoms with Crippen molar-refractivity contribution in [1.29, 1.82) is 0 Å². The van der Waals surface area contributed by atoms with E-state index in [0.29, 0.717) is 0 Å². The van der Waals surface area contributed by atoms with Crippen LogP contribution in [0, 0.1) is 5.82 Å². The number of imidazole rings is 1. The lowest BCUT2D eigenvalue weighted by atomic mass is 10.2. The number of aromatic nitrogens is 2. The average Bonchev–Trinajstić information content (AvgIpc) is 2.82. The summed E-state index contributed by atoms with van der Waals surface area (Å²) in [6, 6.07) is 11.2. The first-order chi connectivity index (χ1) is 9.65. The fourth-order valence-electron chi connectivity index (χ4n) is 1.89. The molecular weight excluding hydrogens is 281 g/mol. The molecule has 4 nitrogen and oxygen atoms in total. The lowest BCUT2D eigenvalue weighted by Gasteiger charge is -2.07. The molecule has 1 heterocycles. The van der Waals surface area contributed by atoms with Crippen LogP contribution in [0.3, 0.4) is 0 Å². The molecule has 0 aliphatic heterocycles. The Labute approximate surface area is 118 Å². The van der Waals surface area contributed by atoms with E-state index >= 15 is 0 Å². The van der Waals surface area contributed by atoms with Gasteiger partial charge in [0.2, 0.25) is 0 Å². The molecule has 20 heavy (non-hydrogen) atoms. The molecule has 0 saturated heterocycles. The smallest absolute Gasteiger partial charge is 0.267 e. The number of nitrogens with zero attached hydrogens (tertiary/aromatic N) is 2. The Bertz CT molecular complexity index is 800. The Morgan fingerprint density at radius 3 is 2.85 bits per heavy atom. The summed E-state index contributed by atoms with van der Waals surface area (Å²) in [5.41, 5.74) is 3.97. The van der Waals surface area contributed by atoms with Crippen LogP contribution in [0.5, 0.6) is 0 Å². The molecule has 3 rings (SSSR count). The molecule has 1 N–H and O–H groups in total. The van der Waals surface area contributed by atoms with E-state index in [4.69, 9.17) is 11.6 Å². The van der Waals surface area contributed by atoms with Crippen LogP contribution in [0.4, 0.5) is 4.39 Å². The van der Waals surface area contributed by atoms with Gasteiger partial charge in [-0.3, -0.25) is 10.2 Å². The minimum absolute atomic E-state index is 0.0767. The fourth-order valence-corrected chi connectivity index (χ4v) is 2.05. The van der Waals surface area contributed by atoms with Crippen molar-refractivity contribution in [3.63, 3.8) is 0 Å². The highest BCUT2D eigenvalue weighted by Gasteiger charge is 2.13. The third-order valence-corrected chi connectivity index (χ3v) is 3.09. The largest absolute Gasteiger partial charge is 0.273 e. The van der Waals surface area contributed by atoms with Crippen LogP contribution in [0.25, 0.3) is 11.0 Å². The third-order valence-electron chi connectivity index (χ3n) is 2.85. The quantitative estimate of drug-likeness (QED) is 0.787. The lowest BCUT2D eigenvalue weighted by molar-refractivity contribution is 0.100. The zero-order valence-electron chi connectivity index (χ0n) is 10.2. The highest BCUT2D eigenvalue weighted by atomic mass is 35.5. The van der Waals surface area contributed by atoms with Gasteiger partial charge < -0.3 is 0 Å². The highest BCUT2D eigenvalue weighted by Crippen LogP contribution is 2.15. The molecule has 1 amide bonds. The summed E-state index contributed by atoms with van der Waals surface area (Å²) >= 11 is 5.66. The van der Waals surface area contributed by atoms with Crippen LogP contribution in [0.2, 0.25) is 5.02 Å². The predicted molar refractivity (Wildman–Crippen MR) is 74.8 cm³/mol. The Morgan fingerprint density at radius 1 is 1.25 bits per heavy atom. The topological polar surface area (TPSA) is 46.9 Å². The minimum atomic E-state index is -0.667. The second-order valence-electron chi connectivity index (χ2n) is 4.17. The predicted octanol–water partition coefficient (Wildman–Crippen LogP) is 3.21. The van der Waals surface area contributed by atoms with Crippen LogP contribution < -0.4 is 5.43 Å². The normalized spacial score (nSPS) is 10.7. The number of halogens is 2. The molecule has 0 aliphatic carbocycles. The standard InChI is InChI=1S/C14H9ClFN3O/c15-9-5-6-10(11(16)7-9)14(20)18-19-8-17-12-3-1-2-4-13(12)19/h1-8H,(H,18,20). The zero-order valence-corrected chi connectivity index (χ0v) is 10.9. The number of nitrogens with one attached hydrogen (secondary N) is 1. The molecule has 0 atom stereocenters. The monoisotopic (exact) mass is 289 g/mol. The van der Waals surface area contributed by atoms with E-state index in [-0.39, 0.29) is 10.6 Å². The van der Waals surface area contributed by atoms with E-state index in [9.17, 15) is 9.18 Å². The van der Waals surface area contributed by atoms with E-state index in [2.05, 4.69) is 10.4 Å². The Balaban J connectivity index is 1.92. The molecule has 0 radical (unpaired) electrons. The molecular formula is C14H9ClFN3O. The molecule has 0 bridgehead atoms. The summed E-state index contributed by atoms with van der Waals surface area (Å²) in [4.78, 5) is 16.2. The van der Waals surface area contributed by atoms with Crippen molar-refractivity contribution in [2.24, 2.45) is 0 Å². The second-order valence-corrected chi connectivity index (χ2v) is 4.60. The van der Waals surface area contributed by atoms with E-state index in [1.54, 1.807) is 6.07 Å². The van der Waals surface area contributed by atoms with Gasteiger partial charge in [0.05, 0.1) is 16.6 Å². The summed E-state index contributed by atoms with van der Waals surface area (Å²) in [7, 11) is 0. The van der Waals surface area contributed by atoms with E-state index in [0.717, 1.165) is 17.1 Å². The molecule has 3 aromatic rings. The van der Waals surface area contributed by atoms with Gasteiger partial charge in [-0.1, -0.05) is 23.7 Å². The number of para-hydroxylation sites is 2. The number of amides is 1. The van der Waals surface area contributed by atoms with Crippen molar-refractivity contribution in [2.75, 3.05) is 5.43 Å². The maximum absolute atomic E-state index is 13.7. The number of rotatable bonds is 2. The van der Waals surface area contributed by atoms with Crippen LogP contribution in [-0.4, -0.2) is 15.6 Å². The number of hydrogen-bond donors (Lipinski definition) is 1. The molecule has 0 spiro atoms. The summed E-state index contributed by atoms with van der Waals surface area (Å²) in [6.07, 6.45) is 1.47. The van der Waals surface area contributed by atoms with E-state index in [1.165, 1.54) is 23.1 Å². The van der Waals surface area contributed by atoms with Gasteiger partial charge in [-0.2, -0.15) is 0 Å². The molecule has 100 valence electrons. The van der Waals surface area contributed by atoms with Gasteiger partial charge in [-0.25, -0.2) is 14.1 Å². The Kier molecular flexibility index (Phi) is 3.12. The molecule has 6 heteroatoms. The number of carbonyl (C=O) groups is 1. The van der Waals surface area contributed by atoms with Crippen LogP contribution in [-0.2, 0) is 0 Å². The summed E-state index contributed by atoms with van der Waals surface area (Å²) in [5, 5.41) is 0.243. The molecule has 0 fully saturated rings. The first-order valence-corrected chi connectivity index (χ1v) is 6.21. The summed E-state index contributed by atoms with van der Waals surface area (Å²) in [5.74, 6) is -1.23. The Morgan fingerprint density at radius 2 is 2.05 bits per heavy atom. The number of hydrogen-bond acceptors (Lipinski definition) is 2. The highest BCUT2D eigenvalue weighted by molar-refractivity contribution is 6.30. The van der Waals surface area contributed by atoms with E-state index in [1.807, 2.05) is 18.2 Å². The van der Waals surface area contributed by atoms with Crippen LogP contribution >= 0.6 is 11.6 Å². The molecule has 0 saturated carbocycles. The minimum Gasteiger partial charge on any atom is -0.267 e. The van der Waals surface area contributed by atoms with Gasteiger partial charge in [-0.05, 0) is 30.3 Å². The van der Waals surface area contributed by atoms with Crippen molar-refractivity contribution >= 4 is 28.5 Å². The number of fused-ring (bicyclic) bond motifs is 1. The van der Waals surface area contributed by atoms with Gasteiger partial charge in [0.15, 0.2) is 0 Å². The summed E-state index contributed by atoms with van der Waals surface area (Å²) < 4.78 is 15.1. The van der Waals surface area contributed by atoms with Crippen molar-refractivity contribution in [2.45, 2.75) is 0 Å². The number of carbonyl (C=O) groups excluding carboxylic acids is 1. The first kappa shape index (κ1) is 12.6. The SMILES string of the molecule is O=C(Nn1cnc2ccccc21)c1ccc(Cl)cc1F. The average molecular weight is 290 g/mol. The summed E-state index contributed by atoms with van der Waals surface area (Å²) in [6.45, 7) is 0. The van der Waals surface area contributed by atoms with Gasteiger partial charge in [0.1, 0.15) is 12.1 Å². The zero-order chi connectivity index (χ0) is 14.1. The number of benzene rings is 2. The molecule has 0 unspecified atom stereocenters. The third kappa shape index (κ3) is 2.23. The van der Waals surface area contributed by atoms with Crippen molar-refractivity contribution in [3.05, 3.63) is 65.2 Å². The van der Waals surface area contributed by atoms with Crippen molar-refractivity contribution in [3.8, 4) is 0 Å². The Hall–Kier alpha value is -2.40. The van der Waals surface area contributed by atoms with Crippen molar-refractivity contribution < 1.29 is 9.18 Å². The lowest BCUT2D eigenvalue weighted by Crippen LogP contribution is -2.23. The van der Waals surface area contributed by atoms with Gasteiger partial charge in [0.25, 0.3) is 5.91 Å². The molecule has 0 aliphatic rings. The fraction of sp³-hybridized carbons (Fsp3) is 0. The van der Waals surface area contributed by atoms with E-state index < -0.39 is 11.7 Å². The maximum atomic E-state index is 13.7. The van der Waals surface area contributed by atoms with Gasteiger partial charge >= 0.3 is 0 Å². The van der Waals surface area contributed by atoms with Gasteiger partial charge in [0, 0.05) is 5.02 Å². The van der Waals surface area contributed by atoms with Gasteiger partial charge in [-0.15, -0.1) is 0 Å². The second kappa shape index (κ2) is 4.94. The van der Waals surface area contributed by atoms with Crippen LogP contribution in [0.15, 0.2) is 48.8 Å². The van der Waals surface area contributed by atoms with Crippen molar-refractivity contribution in [1.82, 2.24) is 9.66 Å². The maximum Gasteiger partial charge on any atom is 0.273 e. The van der Waals surface area contributed by atoms with Crippen LogP contribution in [0.1, 0.15) is 10.4 Å². The first-order valence-electron chi connectivity index (χ1n) is 5.83. The molecule has 2 aromatic carbocycles. The molecule has 1 aromatic heterocycles.